The number of Topliss-reactive ketones (excluding diaryl/α,β-unsaturated/α-hetero) is 1. The number of aliphatic hydroxyl groups is 1. The molecule has 6 rings (SSSR count). The van der Waals surface area contributed by atoms with Gasteiger partial charge in [-0.25, -0.2) is 4.98 Å². The van der Waals surface area contributed by atoms with Crippen LogP contribution in [0.15, 0.2) is 96.6 Å². The van der Waals surface area contributed by atoms with Gasteiger partial charge in [-0.3, -0.25) is 14.5 Å². The molecule has 1 unspecified atom stereocenters. The zero-order valence-corrected chi connectivity index (χ0v) is 26.1. The summed E-state index contributed by atoms with van der Waals surface area (Å²) in [6, 6.07) is 25.9. The van der Waals surface area contributed by atoms with Crippen LogP contribution < -0.4 is 19.1 Å². The van der Waals surface area contributed by atoms with Crippen molar-refractivity contribution in [2.45, 2.75) is 26.0 Å². The van der Waals surface area contributed by atoms with Crippen LogP contribution in [0.4, 0.5) is 5.13 Å². The number of amides is 1. The van der Waals surface area contributed by atoms with Crippen LogP contribution >= 0.6 is 22.9 Å². The molecule has 228 valence electrons. The minimum atomic E-state index is -1.01. The molecule has 1 amide bonds. The second kappa shape index (κ2) is 13.0. The highest BCUT2D eigenvalue weighted by molar-refractivity contribution is 7.22. The lowest BCUT2D eigenvalue weighted by molar-refractivity contribution is -0.132. The molecule has 0 saturated carbocycles. The Kier molecular flexibility index (Phi) is 8.73. The van der Waals surface area contributed by atoms with Crippen LogP contribution in [0.5, 0.6) is 17.2 Å². The van der Waals surface area contributed by atoms with Gasteiger partial charge in [0.05, 0.1) is 35.5 Å². The molecule has 10 heteroatoms. The number of rotatable bonds is 10. The quantitative estimate of drug-likeness (QED) is 0.0939. The molecule has 1 atom stereocenters. The maximum atomic E-state index is 13.7. The lowest BCUT2D eigenvalue weighted by atomic mass is 9.95. The zero-order chi connectivity index (χ0) is 31.5. The highest BCUT2D eigenvalue weighted by Gasteiger charge is 2.48. The van der Waals surface area contributed by atoms with Gasteiger partial charge in [0.2, 0.25) is 0 Å². The number of hydrogen-bond donors (Lipinski definition) is 1. The fraction of sp³-hybridized carbons (Fsp3) is 0.171. The molecule has 1 aliphatic rings. The second-order valence-corrected chi connectivity index (χ2v) is 11.8. The third-order valence-corrected chi connectivity index (χ3v) is 8.58. The van der Waals surface area contributed by atoms with Crippen LogP contribution in [0, 0.1) is 0 Å². The maximum Gasteiger partial charge on any atom is 0.301 e. The predicted octanol–water partition coefficient (Wildman–Crippen LogP) is 7.95. The topological polar surface area (TPSA) is 98.2 Å². The number of halogens is 1. The van der Waals surface area contributed by atoms with E-state index in [1.54, 1.807) is 60.7 Å². The third-order valence-electron chi connectivity index (χ3n) is 7.33. The first-order valence-corrected chi connectivity index (χ1v) is 15.5. The summed E-state index contributed by atoms with van der Waals surface area (Å²) < 4.78 is 18.2. The Morgan fingerprint density at radius 2 is 1.73 bits per heavy atom. The molecular formula is C35H29ClN2O6S. The summed E-state index contributed by atoms with van der Waals surface area (Å²) in [4.78, 5) is 33.4. The normalized spacial score (nSPS) is 15.9. The highest BCUT2D eigenvalue weighted by Crippen LogP contribution is 2.46. The zero-order valence-electron chi connectivity index (χ0n) is 24.5. The second-order valence-electron chi connectivity index (χ2n) is 10.3. The Hall–Kier alpha value is -4.86. The molecule has 0 aliphatic carbocycles. The SMILES string of the molecule is CCCOc1ccc(/C(O)=C2\C(=O)C(=O)N(c3nc4ccc(Cl)cc4s3)C2c2ccc(OCc3ccccc3)c(OC)c2)cc1. The molecular weight excluding hydrogens is 612 g/mol. The number of anilines is 1. The van der Waals surface area contributed by atoms with E-state index in [2.05, 4.69) is 4.98 Å². The molecule has 1 fully saturated rings. The molecule has 1 N–H and O–H groups in total. The van der Waals surface area contributed by atoms with Gasteiger partial charge in [-0.15, -0.1) is 0 Å². The van der Waals surface area contributed by atoms with E-state index in [9.17, 15) is 14.7 Å². The molecule has 8 nitrogen and oxygen atoms in total. The number of nitrogens with zero attached hydrogens (tertiary/aromatic N) is 2. The molecule has 1 saturated heterocycles. The fourth-order valence-electron chi connectivity index (χ4n) is 5.13. The van der Waals surface area contributed by atoms with Crippen LogP contribution in [0.3, 0.4) is 0 Å². The van der Waals surface area contributed by atoms with Crippen LogP contribution in [0.25, 0.3) is 16.0 Å². The van der Waals surface area contributed by atoms with Crippen LogP contribution in [-0.2, 0) is 16.2 Å². The summed E-state index contributed by atoms with van der Waals surface area (Å²) in [7, 11) is 1.52. The van der Waals surface area contributed by atoms with Crippen molar-refractivity contribution in [2.75, 3.05) is 18.6 Å². The number of benzene rings is 4. The lowest BCUT2D eigenvalue weighted by Gasteiger charge is -2.24. The van der Waals surface area contributed by atoms with Gasteiger partial charge in [-0.2, -0.15) is 0 Å². The number of ether oxygens (including phenoxy) is 3. The summed E-state index contributed by atoms with van der Waals surface area (Å²) in [5.41, 5.74) is 2.44. The number of carbonyl (C=O) groups excluding carboxylic acids is 2. The Morgan fingerprint density at radius 1 is 0.956 bits per heavy atom. The van der Waals surface area contributed by atoms with Gasteiger partial charge in [0.25, 0.3) is 5.78 Å². The minimum Gasteiger partial charge on any atom is -0.507 e. The smallest absolute Gasteiger partial charge is 0.301 e. The van der Waals surface area contributed by atoms with Crippen molar-refractivity contribution < 1.29 is 28.9 Å². The van der Waals surface area contributed by atoms with Crippen molar-refractivity contribution >= 4 is 55.7 Å². The lowest BCUT2D eigenvalue weighted by Crippen LogP contribution is -2.29. The molecule has 0 bridgehead atoms. The highest BCUT2D eigenvalue weighted by atomic mass is 35.5. The molecule has 1 aromatic heterocycles. The van der Waals surface area contributed by atoms with E-state index in [0.29, 0.717) is 57.3 Å². The van der Waals surface area contributed by atoms with E-state index in [1.165, 1.54) is 23.3 Å². The van der Waals surface area contributed by atoms with Crippen LogP contribution in [-0.4, -0.2) is 35.5 Å². The Bertz CT molecular complexity index is 1910. The van der Waals surface area contributed by atoms with Crippen molar-refractivity contribution in [1.82, 2.24) is 4.98 Å². The third kappa shape index (κ3) is 6.09. The molecule has 5 aromatic rings. The van der Waals surface area contributed by atoms with E-state index < -0.39 is 17.7 Å². The first kappa shape index (κ1) is 30.2. The number of methoxy groups -OCH3 is 1. The number of hydrogen-bond acceptors (Lipinski definition) is 8. The maximum absolute atomic E-state index is 13.7. The standard InChI is InChI=1S/C35H29ClN2O6S/c1-3-17-43-25-13-9-22(10-14-25)32(39)30-31(23-11-16-27(28(18-23)42-2)44-20-21-7-5-4-6-8-21)38(34(41)33(30)40)35-37-26-15-12-24(36)19-29(26)45-35/h4-16,18-19,31,39H,3,17,20H2,1-2H3/b32-30+. The van der Waals surface area contributed by atoms with Crippen molar-refractivity contribution in [3.8, 4) is 17.2 Å². The Balaban J connectivity index is 1.45. The fourth-order valence-corrected chi connectivity index (χ4v) is 6.40. The average molecular weight is 641 g/mol. The van der Waals surface area contributed by atoms with Crippen LogP contribution in [0.1, 0.15) is 36.1 Å². The van der Waals surface area contributed by atoms with Crippen molar-refractivity contribution in [3.63, 3.8) is 0 Å². The summed E-state index contributed by atoms with van der Waals surface area (Å²) in [6.07, 6.45) is 0.850. The van der Waals surface area contributed by atoms with E-state index >= 15 is 0 Å². The van der Waals surface area contributed by atoms with Gasteiger partial charge < -0.3 is 19.3 Å². The number of aromatic nitrogens is 1. The van der Waals surface area contributed by atoms with Crippen LogP contribution in [0.2, 0.25) is 5.02 Å². The molecule has 0 radical (unpaired) electrons. The number of aliphatic hydroxyl groups excluding tert-OH is 1. The predicted molar refractivity (Wildman–Crippen MR) is 175 cm³/mol. The van der Waals surface area contributed by atoms with Gasteiger partial charge in [0.15, 0.2) is 16.6 Å². The van der Waals surface area contributed by atoms with E-state index in [4.69, 9.17) is 25.8 Å². The number of thiazole rings is 1. The van der Waals surface area contributed by atoms with E-state index in [1.807, 2.05) is 37.3 Å². The summed E-state index contributed by atoms with van der Waals surface area (Å²) >= 11 is 7.45. The van der Waals surface area contributed by atoms with E-state index in [-0.39, 0.29) is 11.3 Å². The largest absolute Gasteiger partial charge is 0.507 e. The Morgan fingerprint density at radius 3 is 2.47 bits per heavy atom. The average Bonchev–Trinajstić information content (AvgIpc) is 3.60. The molecule has 45 heavy (non-hydrogen) atoms. The van der Waals surface area contributed by atoms with Gasteiger partial charge in [0.1, 0.15) is 18.1 Å². The minimum absolute atomic E-state index is 0.0699. The van der Waals surface area contributed by atoms with Crippen molar-refractivity contribution in [3.05, 3.63) is 118 Å². The van der Waals surface area contributed by atoms with Crippen molar-refractivity contribution in [2.24, 2.45) is 0 Å². The first-order valence-electron chi connectivity index (χ1n) is 14.3. The molecule has 2 heterocycles. The summed E-state index contributed by atoms with van der Waals surface area (Å²) in [5, 5.41) is 12.4. The summed E-state index contributed by atoms with van der Waals surface area (Å²) in [5.74, 6) is -0.422. The number of carbonyl (C=O) groups is 2. The van der Waals surface area contributed by atoms with Gasteiger partial charge in [-0.05, 0) is 72.1 Å². The monoisotopic (exact) mass is 640 g/mol. The first-order chi connectivity index (χ1) is 21.9. The number of fused-ring (bicyclic) bond motifs is 1. The molecule has 0 spiro atoms. The Labute approximate surface area is 269 Å². The number of ketones is 1. The van der Waals surface area contributed by atoms with E-state index in [0.717, 1.165) is 16.7 Å². The van der Waals surface area contributed by atoms with Gasteiger partial charge in [-0.1, -0.05) is 66.3 Å². The summed E-state index contributed by atoms with van der Waals surface area (Å²) in [6.45, 7) is 2.88. The van der Waals surface area contributed by atoms with Gasteiger partial charge >= 0.3 is 5.91 Å². The van der Waals surface area contributed by atoms with Gasteiger partial charge in [0, 0.05) is 10.6 Å². The molecule has 1 aliphatic heterocycles. The molecule has 4 aromatic carbocycles. The van der Waals surface area contributed by atoms with Crippen molar-refractivity contribution in [1.29, 1.82) is 0 Å².